The molecule has 0 rings (SSSR count). The van der Waals surface area contributed by atoms with Gasteiger partial charge < -0.3 is 5.11 Å². The lowest BCUT2D eigenvalue weighted by Crippen LogP contribution is -2.34. The number of hydrogen-bond acceptors (Lipinski definition) is 5. The molecule has 0 heterocycles. The minimum absolute atomic E-state index is 0.00245. The molecule has 0 amide bonds. The van der Waals surface area contributed by atoms with Crippen LogP contribution < -0.4 is 0 Å². The number of allylic oxidation sites excluding steroid dienone is 2. The van der Waals surface area contributed by atoms with E-state index in [0.29, 0.717) is 0 Å². The summed E-state index contributed by atoms with van der Waals surface area (Å²) in [6.07, 6.45) is 6.54. The standard InChI is InChI=1S/C11H23NO2.C11H21NO.I2/c1-9(13)10(12(4)5)7-6-8-11(2,3)14;1-9(2)7-6-8-11(10(3)13)12(4)5;1-2/h10,14H,6-8H2,1-5H3;7,11H,6,8H2,1-5H3;. The third kappa shape index (κ3) is 22.9. The highest BCUT2D eigenvalue weighted by atomic mass is 128. The summed E-state index contributed by atoms with van der Waals surface area (Å²) in [5.41, 5.74) is 0.703. The summed E-state index contributed by atoms with van der Waals surface area (Å²) in [5, 5.41) is 9.51. The zero-order chi connectivity index (χ0) is 23.8. The number of hydrogen-bond donors (Lipinski definition) is 1. The average molecular weight is 638 g/mol. The van der Waals surface area contributed by atoms with Gasteiger partial charge in [0.2, 0.25) is 0 Å². The van der Waals surface area contributed by atoms with Gasteiger partial charge in [0.15, 0.2) is 0 Å². The second-order valence-electron chi connectivity index (χ2n) is 8.74. The first kappa shape index (κ1) is 34.0. The largest absolute Gasteiger partial charge is 0.390 e. The molecule has 0 aromatic heterocycles. The molecule has 1 N–H and O–H groups in total. The van der Waals surface area contributed by atoms with E-state index in [1.807, 2.05) is 38.0 Å². The Balaban J connectivity index is -0.000000430. The molecule has 0 fully saturated rings. The van der Waals surface area contributed by atoms with Gasteiger partial charge in [-0.15, -0.1) is 0 Å². The number of ketones is 2. The van der Waals surface area contributed by atoms with Crippen molar-refractivity contribution in [1.82, 2.24) is 9.80 Å². The maximum atomic E-state index is 11.2. The lowest BCUT2D eigenvalue weighted by atomic mass is 9.98. The minimum atomic E-state index is -0.617. The molecule has 0 aromatic carbocycles. The number of rotatable bonds is 11. The van der Waals surface area contributed by atoms with E-state index < -0.39 is 5.60 Å². The Morgan fingerprint density at radius 1 is 0.897 bits per heavy atom. The van der Waals surface area contributed by atoms with Crippen LogP contribution in [0.15, 0.2) is 11.6 Å². The highest BCUT2D eigenvalue weighted by Gasteiger charge is 2.18. The number of likely N-dealkylation sites (N-methyl/N-ethyl adjacent to an activating group) is 2. The van der Waals surface area contributed by atoms with Crippen LogP contribution in [0.3, 0.4) is 0 Å². The quantitative estimate of drug-likeness (QED) is 0.241. The van der Waals surface area contributed by atoms with Crippen LogP contribution in [0.1, 0.15) is 73.6 Å². The number of Topliss-reactive ketones (excluding diaryl/α,β-unsaturated/α-hetero) is 2. The van der Waals surface area contributed by atoms with Crippen LogP contribution in [-0.2, 0) is 9.59 Å². The van der Waals surface area contributed by atoms with E-state index in [1.165, 1.54) is 5.57 Å². The minimum Gasteiger partial charge on any atom is -0.390 e. The third-order valence-electron chi connectivity index (χ3n) is 4.44. The number of carbonyl (C=O) groups is 2. The Labute approximate surface area is 203 Å². The number of carbonyl (C=O) groups excluding carboxylic acids is 2. The van der Waals surface area contributed by atoms with Gasteiger partial charge in [-0.1, -0.05) is 11.6 Å². The molecule has 2 atom stereocenters. The summed E-state index contributed by atoms with van der Waals surface area (Å²) >= 11 is 4.24. The van der Waals surface area contributed by atoms with E-state index in [0.717, 1.165) is 32.1 Å². The molecule has 29 heavy (non-hydrogen) atoms. The summed E-state index contributed by atoms with van der Waals surface area (Å²) in [6, 6.07) is 0.0768. The fourth-order valence-electron chi connectivity index (χ4n) is 2.91. The Hall–Kier alpha value is 0.420. The fourth-order valence-corrected chi connectivity index (χ4v) is 2.91. The van der Waals surface area contributed by atoms with Gasteiger partial charge in [-0.2, -0.15) is 0 Å². The first-order chi connectivity index (χ1) is 13.2. The predicted octanol–water partition coefficient (Wildman–Crippen LogP) is 5.47. The second kappa shape index (κ2) is 19.1. The highest BCUT2D eigenvalue weighted by molar-refractivity contribution is 15.0. The van der Waals surface area contributed by atoms with E-state index >= 15 is 0 Å². The van der Waals surface area contributed by atoms with E-state index in [4.69, 9.17) is 0 Å². The highest BCUT2D eigenvalue weighted by Crippen LogP contribution is 2.15. The Kier molecular flexibility index (Phi) is 22.5. The van der Waals surface area contributed by atoms with E-state index in [2.05, 4.69) is 57.2 Å². The summed E-state index contributed by atoms with van der Waals surface area (Å²) < 4.78 is 0. The lowest BCUT2D eigenvalue weighted by molar-refractivity contribution is -0.122. The maximum Gasteiger partial charge on any atom is 0.146 e. The van der Waals surface area contributed by atoms with Crippen LogP contribution in [0.25, 0.3) is 0 Å². The molecule has 0 aromatic rings. The maximum absolute atomic E-state index is 11.2. The van der Waals surface area contributed by atoms with Crippen molar-refractivity contribution in [3.05, 3.63) is 11.6 Å². The molecular formula is C22H44I2N2O3. The van der Waals surface area contributed by atoms with Crippen LogP contribution in [0.4, 0.5) is 0 Å². The molecule has 5 nitrogen and oxygen atoms in total. The molecule has 0 radical (unpaired) electrons. The topological polar surface area (TPSA) is 60.9 Å². The van der Waals surface area contributed by atoms with Crippen molar-refractivity contribution in [3.63, 3.8) is 0 Å². The van der Waals surface area contributed by atoms with Gasteiger partial charge in [-0.25, -0.2) is 0 Å². The normalized spacial score (nSPS) is 12.9. The first-order valence-electron chi connectivity index (χ1n) is 10.0. The third-order valence-corrected chi connectivity index (χ3v) is 4.44. The average Bonchev–Trinajstić information content (AvgIpc) is 2.55. The molecule has 174 valence electrons. The molecular weight excluding hydrogens is 594 g/mol. The molecule has 0 aliphatic rings. The smallest absolute Gasteiger partial charge is 0.146 e. The van der Waals surface area contributed by atoms with Crippen molar-refractivity contribution in [1.29, 1.82) is 0 Å². The van der Waals surface area contributed by atoms with Crippen molar-refractivity contribution in [2.45, 2.75) is 91.3 Å². The van der Waals surface area contributed by atoms with Gasteiger partial charge in [0, 0.05) is 37.2 Å². The first-order valence-corrected chi connectivity index (χ1v) is 16.3. The SMILES string of the molecule is CC(=O)C(CCC=C(C)C)N(C)C.CC(=O)C(CCCC(C)(C)O)N(C)C.II. The van der Waals surface area contributed by atoms with Crippen molar-refractivity contribution in [2.75, 3.05) is 28.2 Å². The van der Waals surface area contributed by atoms with Gasteiger partial charge in [0.05, 0.1) is 17.7 Å². The molecule has 7 heteroatoms. The molecule has 0 aliphatic heterocycles. The van der Waals surface area contributed by atoms with Gasteiger partial charge in [-0.3, -0.25) is 19.4 Å². The summed E-state index contributed by atoms with van der Waals surface area (Å²) in [6.45, 7) is 11.0. The lowest BCUT2D eigenvalue weighted by Gasteiger charge is -2.23. The van der Waals surface area contributed by atoms with Crippen LogP contribution >= 0.6 is 37.2 Å². The van der Waals surface area contributed by atoms with Crippen molar-refractivity contribution < 1.29 is 14.7 Å². The number of halogens is 2. The van der Waals surface area contributed by atoms with Crippen molar-refractivity contribution in [3.8, 4) is 0 Å². The second-order valence-corrected chi connectivity index (χ2v) is 8.74. The fraction of sp³-hybridized carbons (Fsp3) is 0.818. The zero-order valence-electron chi connectivity index (χ0n) is 20.2. The van der Waals surface area contributed by atoms with Gasteiger partial charge in [0.25, 0.3) is 0 Å². The van der Waals surface area contributed by atoms with E-state index in [-0.39, 0.29) is 23.7 Å². The Morgan fingerprint density at radius 2 is 1.28 bits per heavy atom. The van der Waals surface area contributed by atoms with Crippen molar-refractivity contribution in [2.24, 2.45) is 0 Å². The predicted molar refractivity (Wildman–Crippen MR) is 143 cm³/mol. The Morgan fingerprint density at radius 3 is 1.55 bits per heavy atom. The van der Waals surface area contributed by atoms with Gasteiger partial charge >= 0.3 is 0 Å². The molecule has 2 unspecified atom stereocenters. The van der Waals surface area contributed by atoms with E-state index in [1.54, 1.807) is 27.7 Å². The summed E-state index contributed by atoms with van der Waals surface area (Å²) in [7, 11) is 7.73. The Bertz CT molecular complexity index is 469. The molecule has 0 bridgehead atoms. The van der Waals surface area contributed by atoms with Gasteiger partial charge in [0.1, 0.15) is 11.6 Å². The number of aliphatic hydroxyl groups is 1. The molecule has 0 saturated heterocycles. The number of nitrogens with zero attached hydrogens (tertiary/aromatic N) is 2. The monoisotopic (exact) mass is 638 g/mol. The zero-order valence-corrected chi connectivity index (χ0v) is 24.5. The van der Waals surface area contributed by atoms with Crippen LogP contribution in [0, 0.1) is 0 Å². The van der Waals surface area contributed by atoms with E-state index in [9.17, 15) is 14.7 Å². The molecule has 0 saturated carbocycles. The van der Waals surface area contributed by atoms with Crippen LogP contribution in [0.2, 0.25) is 0 Å². The van der Waals surface area contributed by atoms with Gasteiger partial charge in [-0.05, 0) is 102 Å². The molecule has 0 spiro atoms. The molecule has 0 aliphatic carbocycles. The summed E-state index contributed by atoms with van der Waals surface area (Å²) in [5.74, 6) is 0.456. The van der Waals surface area contributed by atoms with Crippen molar-refractivity contribution >= 4 is 48.8 Å². The summed E-state index contributed by atoms with van der Waals surface area (Å²) in [4.78, 5) is 26.4. The van der Waals surface area contributed by atoms with Crippen LogP contribution in [0.5, 0.6) is 0 Å². The van der Waals surface area contributed by atoms with Crippen LogP contribution in [-0.4, -0.2) is 72.3 Å².